The molecule has 2 nitrogen and oxygen atoms in total. The molecule has 0 radical (unpaired) electrons. The third-order valence-electron chi connectivity index (χ3n) is 3.08. The van der Waals surface area contributed by atoms with Crippen molar-refractivity contribution < 1.29 is 4.74 Å². The van der Waals surface area contributed by atoms with Gasteiger partial charge in [-0.15, -0.1) is 11.6 Å². The number of hydrogen-bond donors (Lipinski definition) is 1. The van der Waals surface area contributed by atoms with Crippen LogP contribution in [0.15, 0.2) is 0 Å². The van der Waals surface area contributed by atoms with Crippen LogP contribution in [0.3, 0.4) is 0 Å². The molecular weight excluding hydrogens is 210 g/mol. The van der Waals surface area contributed by atoms with Gasteiger partial charge in [-0.2, -0.15) is 0 Å². The summed E-state index contributed by atoms with van der Waals surface area (Å²) >= 11 is 5.76. The molecule has 1 unspecified atom stereocenters. The van der Waals surface area contributed by atoms with Crippen LogP contribution in [0.5, 0.6) is 0 Å². The van der Waals surface area contributed by atoms with E-state index in [0.717, 1.165) is 25.8 Å². The Balaban J connectivity index is 2.26. The lowest BCUT2D eigenvalue weighted by molar-refractivity contribution is -0.0166. The second-order valence-electron chi connectivity index (χ2n) is 5.74. The van der Waals surface area contributed by atoms with Crippen molar-refractivity contribution in [3.05, 3.63) is 0 Å². The number of ether oxygens (including phenoxy) is 1. The molecule has 1 saturated heterocycles. The van der Waals surface area contributed by atoms with Gasteiger partial charge in [-0.05, 0) is 47.0 Å². The summed E-state index contributed by atoms with van der Waals surface area (Å²) < 4.78 is 5.93. The second kappa shape index (κ2) is 5.03. The molecule has 0 aromatic rings. The van der Waals surface area contributed by atoms with Crippen LogP contribution < -0.4 is 5.32 Å². The molecular formula is C12H24ClNO. The molecule has 0 amide bonds. The van der Waals surface area contributed by atoms with Crippen LogP contribution in [0.2, 0.25) is 0 Å². The van der Waals surface area contributed by atoms with E-state index in [1.54, 1.807) is 0 Å². The van der Waals surface area contributed by atoms with Gasteiger partial charge in [0.1, 0.15) is 0 Å². The highest BCUT2D eigenvalue weighted by Crippen LogP contribution is 2.29. The summed E-state index contributed by atoms with van der Waals surface area (Å²) in [7, 11) is 0. The minimum Gasteiger partial charge on any atom is -0.371 e. The molecule has 1 heterocycles. The average Bonchev–Trinajstić information content (AvgIpc) is 2.42. The van der Waals surface area contributed by atoms with Crippen LogP contribution in [-0.4, -0.2) is 29.7 Å². The zero-order valence-corrected chi connectivity index (χ0v) is 11.2. The fourth-order valence-corrected chi connectivity index (χ4v) is 2.41. The monoisotopic (exact) mass is 233 g/mol. The van der Waals surface area contributed by atoms with Gasteiger partial charge in [0.15, 0.2) is 0 Å². The maximum absolute atomic E-state index is 5.93. The van der Waals surface area contributed by atoms with E-state index in [0.29, 0.717) is 12.0 Å². The number of alkyl halides is 1. The Morgan fingerprint density at radius 2 is 2.13 bits per heavy atom. The minimum absolute atomic E-state index is 0.0724. The van der Waals surface area contributed by atoms with Gasteiger partial charge in [0.2, 0.25) is 0 Å². The maximum Gasteiger partial charge on any atom is 0.0707 e. The molecule has 1 N–H and O–H groups in total. The van der Waals surface area contributed by atoms with E-state index in [1.165, 1.54) is 0 Å². The zero-order valence-electron chi connectivity index (χ0n) is 10.4. The zero-order chi connectivity index (χ0) is 11.5. The Labute approximate surface area is 98.7 Å². The Hall–Kier alpha value is 0.210. The summed E-state index contributed by atoms with van der Waals surface area (Å²) in [6.07, 6.45) is 3.69. The van der Waals surface area contributed by atoms with Gasteiger partial charge in [0.25, 0.3) is 0 Å². The predicted octanol–water partition coefficient (Wildman–Crippen LogP) is 2.94. The first-order valence-electron chi connectivity index (χ1n) is 5.83. The highest BCUT2D eigenvalue weighted by atomic mass is 35.5. The summed E-state index contributed by atoms with van der Waals surface area (Å²) in [6, 6.07) is 0. The van der Waals surface area contributed by atoms with Crippen molar-refractivity contribution in [3.63, 3.8) is 0 Å². The summed E-state index contributed by atoms with van der Waals surface area (Å²) in [6.45, 7) is 9.64. The smallest absolute Gasteiger partial charge is 0.0707 e. The van der Waals surface area contributed by atoms with Crippen molar-refractivity contribution >= 4 is 11.6 Å². The Morgan fingerprint density at radius 1 is 1.47 bits per heavy atom. The Morgan fingerprint density at radius 3 is 2.60 bits per heavy atom. The first-order valence-corrected chi connectivity index (χ1v) is 6.37. The van der Waals surface area contributed by atoms with Gasteiger partial charge in [-0.1, -0.05) is 0 Å². The number of hydrogen-bond acceptors (Lipinski definition) is 2. The van der Waals surface area contributed by atoms with Crippen LogP contribution in [0.4, 0.5) is 0 Å². The molecule has 1 atom stereocenters. The van der Waals surface area contributed by atoms with E-state index in [2.05, 4.69) is 33.0 Å². The van der Waals surface area contributed by atoms with Crippen molar-refractivity contribution in [3.8, 4) is 0 Å². The van der Waals surface area contributed by atoms with Gasteiger partial charge < -0.3 is 10.1 Å². The van der Waals surface area contributed by atoms with E-state index in [4.69, 9.17) is 16.3 Å². The van der Waals surface area contributed by atoms with E-state index in [1.807, 2.05) is 0 Å². The summed E-state index contributed by atoms with van der Waals surface area (Å²) in [5, 5.41) is 3.53. The molecule has 0 aliphatic carbocycles. The third-order valence-corrected chi connectivity index (χ3v) is 3.27. The number of rotatable bonds is 5. The van der Waals surface area contributed by atoms with Crippen molar-refractivity contribution in [2.45, 2.75) is 64.2 Å². The quantitative estimate of drug-likeness (QED) is 0.738. The fraction of sp³-hybridized carbons (Fsp3) is 1.00. The molecule has 0 aromatic carbocycles. The molecule has 1 aliphatic heterocycles. The maximum atomic E-state index is 5.93. The van der Waals surface area contributed by atoms with E-state index < -0.39 is 0 Å². The molecule has 0 bridgehead atoms. The largest absolute Gasteiger partial charge is 0.371 e. The molecule has 3 heteroatoms. The lowest BCUT2D eigenvalue weighted by atomic mass is 10.0. The minimum atomic E-state index is 0.0724. The van der Waals surface area contributed by atoms with Crippen LogP contribution in [0.1, 0.15) is 47.0 Å². The molecule has 90 valence electrons. The second-order valence-corrected chi connectivity index (χ2v) is 6.12. The first kappa shape index (κ1) is 13.3. The summed E-state index contributed by atoms with van der Waals surface area (Å²) in [5.74, 6) is 0.705. The highest BCUT2D eigenvalue weighted by molar-refractivity contribution is 6.17. The SMILES string of the molecule is CC(C)(CCCl)NCC1CCC(C)(C)O1. The topological polar surface area (TPSA) is 21.3 Å². The van der Waals surface area contributed by atoms with E-state index in [-0.39, 0.29) is 11.1 Å². The molecule has 1 rings (SSSR count). The van der Waals surface area contributed by atoms with Crippen molar-refractivity contribution in [1.82, 2.24) is 5.32 Å². The normalized spacial score (nSPS) is 25.8. The lowest BCUT2D eigenvalue weighted by Gasteiger charge is -2.28. The molecule has 1 fully saturated rings. The van der Waals surface area contributed by atoms with Gasteiger partial charge in [-0.3, -0.25) is 0 Å². The van der Waals surface area contributed by atoms with Crippen molar-refractivity contribution in [1.29, 1.82) is 0 Å². The van der Waals surface area contributed by atoms with Crippen LogP contribution in [0.25, 0.3) is 0 Å². The summed E-state index contributed by atoms with van der Waals surface area (Å²) in [4.78, 5) is 0. The number of halogens is 1. The van der Waals surface area contributed by atoms with Crippen LogP contribution in [0, 0.1) is 0 Å². The van der Waals surface area contributed by atoms with Gasteiger partial charge in [-0.25, -0.2) is 0 Å². The fourth-order valence-electron chi connectivity index (χ4n) is 1.94. The molecule has 0 saturated carbocycles. The van der Waals surface area contributed by atoms with E-state index >= 15 is 0 Å². The molecule has 0 aromatic heterocycles. The number of nitrogens with one attached hydrogen (secondary N) is 1. The van der Waals surface area contributed by atoms with Gasteiger partial charge >= 0.3 is 0 Å². The standard InChI is InChI=1S/C12H24ClNO/c1-11(2,7-8-13)14-9-10-5-6-12(3,4)15-10/h10,14H,5-9H2,1-4H3. The Kier molecular flexibility index (Phi) is 4.45. The predicted molar refractivity (Wildman–Crippen MR) is 65.6 cm³/mol. The van der Waals surface area contributed by atoms with Crippen molar-refractivity contribution in [2.24, 2.45) is 0 Å². The Bertz CT molecular complexity index is 204. The molecule has 1 aliphatic rings. The van der Waals surface area contributed by atoms with Crippen LogP contribution in [-0.2, 0) is 4.74 Å². The first-order chi connectivity index (χ1) is 6.85. The molecule has 15 heavy (non-hydrogen) atoms. The van der Waals surface area contributed by atoms with Crippen molar-refractivity contribution in [2.75, 3.05) is 12.4 Å². The summed E-state index contributed by atoms with van der Waals surface area (Å²) in [5.41, 5.74) is 0.195. The van der Waals surface area contributed by atoms with Gasteiger partial charge in [0.05, 0.1) is 11.7 Å². The van der Waals surface area contributed by atoms with E-state index in [9.17, 15) is 0 Å². The van der Waals surface area contributed by atoms with Gasteiger partial charge in [0, 0.05) is 18.0 Å². The highest BCUT2D eigenvalue weighted by Gasteiger charge is 2.32. The third kappa shape index (κ3) is 4.71. The van der Waals surface area contributed by atoms with Crippen LogP contribution >= 0.6 is 11.6 Å². The average molecular weight is 234 g/mol. The molecule has 0 spiro atoms. The lowest BCUT2D eigenvalue weighted by Crippen LogP contribution is -2.44.